The topological polar surface area (TPSA) is 29.4 Å². The fourth-order valence-electron chi connectivity index (χ4n) is 2.98. The van der Waals surface area contributed by atoms with E-state index in [1.165, 1.54) is 5.56 Å². The van der Waals surface area contributed by atoms with E-state index < -0.39 is 0 Å². The maximum Gasteiger partial charge on any atom is 0.170 e. The summed E-state index contributed by atoms with van der Waals surface area (Å²) in [6, 6.07) is 13.1. The van der Waals surface area contributed by atoms with Crippen LogP contribution in [-0.4, -0.2) is 17.0 Å². The summed E-state index contributed by atoms with van der Waals surface area (Å²) in [5.74, 6) is -0.0436. The second-order valence-corrected chi connectivity index (χ2v) is 7.27. The SMILES string of the molecule is CC1(C)Cc2ccccc2C(CC(=O)c2ccc(Cl)cc2Cl)=N1. The molecule has 0 amide bonds. The molecule has 0 spiro atoms. The Bertz CT molecular complexity index is 809. The highest BCUT2D eigenvalue weighted by Gasteiger charge is 2.27. The third kappa shape index (κ3) is 3.49. The number of halogens is 2. The van der Waals surface area contributed by atoms with Crippen molar-refractivity contribution in [3.63, 3.8) is 0 Å². The molecular weight excluding hydrogens is 329 g/mol. The third-order valence-corrected chi connectivity index (χ3v) is 4.50. The predicted octanol–water partition coefficient (Wildman–Crippen LogP) is 5.39. The summed E-state index contributed by atoms with van der Waals surface area (Å²) in [6.45, 7) is 4.17. The average Bonchev–Trinajstić information content (AvgIpc) is 2.45. The fourth-order valence-corrected chi connectivity index (χ4v) is 3.50. The normalized spacial score (nSPS) is 15.7. The molecule has 0 bridgehead atoms. The van der Waals surface area contributed by atoms with Gasteiger partial charge in [0.15, 0.2) is 5.78 Å². The van der Waals surface area contributed by atoms with Crippen molar-refractivity contribution in [1.29, 1.82) is 0 Å². The number of Topliss-reactive ketones (excluding diaryl/α,β-unsaturated/α-hetero) is 1. The third-order valence-electron chi connectivity index (χ3n) is 3.95. The van der Waals surface area contributed by atoms with Crippen LogP contribution in [0, 0.1) is 0 Å². The molecule has 0 aromatic heterocycles. The predicted molar refractivity (Wildman–Crippen MR) is 96.2 cm³/mol. The monoisotopic (exact) mass is 345 g/mol. The molecule has 118 valence electrons. The van der Waals surface area contributed by atoms with Gasteiger partial charge in [-0.2, -0.15) is 0 Å². The Morgan fingerprint density at radius 1 is 1.17 bits per heavy atom. The number of aliphatic imine (C=N–C) groups is 1. The van der Waals surface area contributed by atoms with Gasteiger partial charge in [0.25, 0.3) is 0 Å². The van der Waals surface area contributed by atoms with E-state index in [2.05, 4.69) is 19.9 Å². The number of hydrogen-bond donors (Lipinski definition) is 0. The molecule has 4 heteroatoms. The Hall–Kier alpha value is -1.64. The number of carbonyl (C=O) groups excluding carboxylic acids is 1. The molecule has 0 saturated carbocycles. The van der Waals surface area contributed by atoms with Gasteiger partial charge < -0.3 is 0 Å². The largest absolute Gasteiger partial charge is 0.294 e. The van der Waals surface area contributed by atoms with Gasteiger partial charge in [-0.15, -0.1) is 0 Å². The van der Waals surface area contributed by atoms with Gasteiger partial charge in [0.1, 0.15) is 0 Å². The second kappa shape index (κ2) is 6.10. The summed E-state index contributed by atoms with van der Waals surface area (Å²) in [4.78, 5) is 17.5. The number of fused-ring (bicyclic) bond motifs is 1. The van der Waals surface area contributed by atoms with Crippen molar-refractivity contribution < 1.29 is 4.79 Å². The van der Waals surface area contributed by atoms with Gasteiger partial charge in [-0.1, -0.05) is 47.5 Å². The molecule has 1 aliphatic heterocycles. The average molecular weight is 346 g/mol. The van der Waals surface area contributed by atoms with E-state index in [0.29, 0.717) is 15.6 Å². The van der Waals surface area contributed by atoms with Gasteiger partial charge in [-0.3, -0.25) is 9.79 Å². The highest BCUT2D eigenvalue weighted by Crippen LogP contribution is 2.29. The van der Waals surface area contributed by atoms with E-state index in [9.17, 15) is 4.79 Å². The van der Waals surface area contributed by atoms with Crippen molar-refractivity contribution in [2.24, 2.45) is 4.99 Å². The molecule has 0 fully saturated rings. The molecule has 2 aromatic rings. The smallest absolute Gasteiger partial charge is 0.170 e. The van der Waals surface area contributed by atoms with Crippen LogP contribution in [0.25, 0.3) is 0 Å². The summed E-state index contributed by atoms with van der Waals surface area (Å²) in [7, 11) is 0. The van der Waals surface area contributed by atoms with Gasteiger partial charge >= 0.3 is 0 Å². The van der Waals surface area contributed by atoms with E-state index in [-0.39, 0.29) is 17.7 Å². The van der Waals surface area contributed by atoms with E-state index in [1.807, 2.05) is 18.2 Å². The molecule has 3 rings (SSSR count). The summed E-state index contributed by atoms with van der Waals surface area (Å²) >= 11 is 12.1. The van der Waals surface area contributed by atoms with Crippen molar-refractivity contribution in [3.05, 3.63) is 69.2 Å². The Balaban J connectivity index is 1.95. The number of carbonyl (C=O) groups is 1. The molecule has 0 unspecified atom stereocenters. The van der Waals surface area contributed by atoms with Gasteiger partial charge in [0, 0.05) is 10.6 Å². The van der Waals surface area contributed by atoms with Crippen LogP contribution in [0.15, 0.2) is 47.5 Å². The summed E-state index contributed by atoms with van der Waals surface area (Å²) in [5, 5.41) is 0.902. The number of hydrogen-bond acceptors (Lipinski definition) is 2. The minimum atomic E-state index is -0.201. The minimum absolute atomic E-state index is 0.0436. The van der Waals surface area contributed by atoms with Gasteiger partial charge in [-0.05, 0) is 49.6 Å². The highest BCUT2D eigenvalue weighted by molar-refractivity contribution is 6.37. The molecular formula is C19H17Cl2NO. The van der Waals surface area contributed by atoms with Crippen molar-refractivity contribution in [3.8, 4) is 0 Å². The first-order valence-electron chi connectivity index (χ1n) is 7.51. The molecule has 0 aliphatic carbocycles. The van der Waals surface area contributed by atoms with Gasteiger partial charge in [-0.25, -0.2) is 0 Å². The van der Waals surface area contributed by atoms with Crippen LogP contribution in [0.4, 0.5) is 0 Å². The maximum atomic E-state index is 12.7. The quantitative estimate of drug-likeness (QED) is 0.685. The van der Waals surface area contributed by atoms with Crippen LogP contribution in [0.2, 0.25) is 10.0 Å². The zero-order chi connectivity index (χ0) is 16.6. The van der Waals surface area contributed by atoms with Crippen LogP contribution >= 0.6 is 23.2 Å². The lowest BCUT2D eigenvalue weighted by molar-refractivity contribution is 0.100. The molecule has 23 heavy (non-hydrogen) atoms. The van der Waals surface area contributed by atoms with Crippen LogP contribution < -0.4 is 0 Å². The zero-order valence-electron chi connectivity index (χ0n) is 13.1. The van der Waals surface area contributed by atoms with Gasteiger partial charge in [0.2, 0.25) is 0 Å². The zero-order valence-corrected chi connectivity index (χ0v) is 14.6. The first kappa shape index (κ1) is 16.2. The summed E-state index contributed by atoms with van der Waals surface area (Å²) in [6.07, 6.45) is 1.12. The lowest BCUT2D eigenvalue weighted by atomic mass is 9.85. The Morgan fingerprint density at radius 3 is 2.65 bits per heavy atom. The Kier molecular flexibility index (Phi) is 4.31. The minimum Gasteiger partial charge on any atom is -0.294 e. The van der Waals surface area contributed by atoms with E-state index in [0.717, 1.165) is 17.7 Å². The van der Waals surface area contributed by atoms with E-state index in [1.54, 1.807) is 18.2 Å². The molecule has 2 aromatic carbocycles. The van der Waals surface area contributed by atoms with Crippen LogP contribution in [-0.2, 0) is 6.42 Å². The fraction of sp³-hybridized carbons (Fsp3) is 0.263. The van der Waals surface area contributed by atoms with Gasteiger partial charge in [0.05, 0.1) is 22.7 Å². The van der Waals surface area contributed by atoms with Crippen molar-refractivity contribution in [1.82, 2.24) is 0 Å². The van der Waals surface area contributed by atoms with Crippen molar-refractivity contribution in [2.45, 2.75) is 32.2 Å². The molecule has 2 nitrogen and oxygen atoms in total. The number of ketones is 1. The molecule has 1 aliphatic rings. The summed E-state index contributed by atoms with van der Waals surface area (Å²) < 4.78 is 0. The first-order valence-corrected chi connectivity index (χ1v) is 8.26. The number of nitrogens with zero attached hydrogens (tertiary/aromatic N) is 1. The van der Waals surface area contributed by atoms with E-state index in [4.69, 9.17) is 28.2 Å². The van der Waals surface area contributed by atoms with E-state index >= 15 is 0 Å². The number of benzene rings is 2. The Morgan fingerprint density at radius 2 is 1.91 bits per heavy atom. The lowest BCUT2D eigenvalue weighted by Gasteiger charge is -2.29. The molecule has 1 heterocycles. The highest BCUT2D eigenvalue weighted by atomic mass is 35.5. The van der Waals surface area contributed by atoms with Crippen LogP contribution in [0.3, 0.4) is 0 Å². The molecule has 0 saturated heterocycles. The Labute approximate surface area is 146 Å². The number of rotatable bonds is 3. The maximum absolute atomic E-state index is 12.7. The lowest BCUT2D eigenvalue weighted by Crippen LogP contribution is -2.30. The van der Waals surface area contributed by atoms with Crippen LogP contribution in [0.5, 0.6) is 0 Å². The first-order chi connectivity index (χ1) is 10.9. The summed E-state index contributed by atoms with van der Waals surface area (Å²) in [5.41, 5.74) is 3.41. The second-order valence-electron chi connectivity index (χ2n) is 6.43. The van der Waals surface area contributed by atoms with Crippen molar-refractivity contribution >= 4 is 34.7 Å². The van der Waals surface area contributed by atoms with Crippen molar-refractivity contribution in [2.75, 3.05) is 0 Å². The standard InChI is InChI=1S/C19H17Cl2NO/c1-19(2)11-12-5-3-4-6-14(12)17(22-19)10-18(23)15-8-7-13(20)9-16(15)21/h3-9H,10-11H2,1-2H3. The molecule has 0 radical (unpaired) electrons. The molecule has 0 N–H and O–H groups in total. The van der Waals surface area contributed by atoms with Crippen LogP contribution in [0.1, 0.15) is 41.8 Å². The molecule has 0 atom stereocenters.